The van der Waals surface area contributed by atoms with E-state index >= 15 is 0 Å². The lowest BCUT2D eigenvalue weighted by atomic mass is 10.1. The minimum Gasteiger partial charge on any atom is -0.366 e. The third-order valence-corrected chi connectivity index (χ3v) is 3.83. The highest BCUT2D eigenvalue weighted by molar-refractivity contribution is 6.04. The molecule has 5 heteroatoms. The highest BCUT2D eigenvalue weighted by atomic mass is 16.1. The lowest BCUT2D eigenvalue weighted by Crippen LogP contribution is -2.34. The number of fused-ring (bicyclic) bond motifs is 1. The number of benzene rings is 1. The van der Waals surface area contributed by atoms with E-state index in [9.17, 15) is 4.79 Å². The van der Waals surface area contributed by atoms with Gasteiger partial charge in [0.25, 0.3) is 5.91 Å². The molecule has 0 bridgehead atoms. The Balaban J connectivity index is 2.11. The second kappa shape index (κ2) is 4.66. The molecule has 1 aliphatic rings. The molecule has 0 aliphatic carbocycles. The summed E-state index contributed by atoms with van der Waals surface area (Å²) in [7, 11) is 2.12. The number of hydrogen-bond donors (Lipinski definition) is 1. The molecular weight excluding hydrogens is 240 g/mol. The standard InChI is InChI=1S/C14H18N4O/c1-17-7-3-5-11(9-17)18-13-10(8-16-18)4-2-6-12(13)14(15)19/h2,4,6,8,11H,3,5,7,9H2,1H3,(H2,15,19). The average Bonchev–Trinajstić information content (AvgIpc) is 2.82. The van der Waals surface area contributed by atoms with E-state index in [2.05, 4.69) is 17.0 Å². The van der Waals surface area contributed by atoms with Crippen LogP contribution in [0.5, 0.6) is 0 Å². The minimum absolute atomic E-state index is 0.316. The van der Waals surface area contributed by atoms with Crippen molar-refractivity contribution in [1.29, 1.82) is 0 Å². The summed E-state index contributed by atoms with van der Waals surface area (Å²) >= 11 is 0. The van der Waals surface area contributed by atoms with Gasteiger partial charge < -0.3 is 10.6 Å². The molecule has 1 unspecified atom stereocenters. The van der Waals surface area contributed by atoms with Crippen LogP contribution in [0, 0.1) is 0 Å². The van der Waals surface area contributed by atoms with Crippen LogP contribution >= 0.6 is 0 Å². The summed E-state index contributed by atoms with van der Waals surface area (Å²) in [6.45, 7) is 2.09. The third kappa shape index (κ3) is 2.10. The molecule has 1 saturated heterocycles. The maximum Gasteiger partial charge on any atom is 0.250 e. The zero-order chi connectivity index (χ0) is 13.4. The van der Waals surface area contributed by atoms with Crippen molar-refractivity contribution < 1.29 is 4.79 Å². The van der Waals surface area contributed by atoms with E-state index in [0.29, 0.717) is 11.6 Å². The highest BCUT2D eigenvalue weighted by Crippen LogP contribution is 2.26. The van der Waals surface area contributed by atoms with Crippen molar-refractivity contribution in [2.24, 2.45) is 5.73 Å². The van der Waals surface area contributed by atoms with E-state index in [1.807, 2.05) is 23.0 Å². The van der Waals surface area contributed by atoms with Crippen molar-refractivity contribution >= 4 is 16.8 Å². The Morgan fingerprint density at radius 2 is 2.32 bits per heavy atom. The van der Waals surface area contributed by atoms with Crippen molar-refractivity contribution in [2.75, 3.05) is 20.1 Å². The third-order valence-electron chi connectivity index (χ3n) is 3.83. The molecule has 1 amide bonds. The van der Waals surface area contributed by atoms with Gasteiger partial charge in [0.1, 0.15) is 0 Å². The molecule has 2 N–H and O–H groups in total. The molecule has 19 heavy (non-hydrogen) atoms. The molecule has 2 aromatic rings. The van der Waals surface area contributed by atoms with Gasteiger partial charge in [-0.3, -0.25) is 9.48 Å². The van der Waals surface area contributed by atoms with Crippen LogP contribution in [-0.2, 0) is 0 Å². The van der Waals surface area contributed by atoms with Gasteiger partial charge in [0.05, 0.1) is 23.3 Å². The first-order valence-corrected chi connectivity index (χ1v) is 6.61. The van der Waals surface area contributed by atoms with Crippen molar-refractivity contribution in [3.8, 4) is 0 Å². The first-order valence-electron chi connectivity index (χ1n) is 6.61. The minimum atomic E-state index is -0.392. The molecular formula is C14H18N4O. The average molecular weight is 258 g/mol. The van der Waals surface area contributed by atoms with Gasteiger partial charge in [-0.25, -0.2) is 0 Å². The van der Waals surface area contributed by atoms with Crippen LogP contribution in [0.15, 0.2) is 24.4 Å². The van der Waals surface area contributed by atoms with E-state index in [-0.39, 0.29) is 0 Å². The van der Waals surface area contributed by atoms with Gasteiger partial charge in [0.2, 0.25) is 0 Å². The second-order valence-electron chi connectivity index (χ2n) is 5.26. The molecule has 1 aliphatic heterocycles. The van der Waals surface area contributed by atoms with Gasteiger partial charge in [-0.2, -0.15) is 5.10 Å². The zero-order valence-corrected chi connectivity index (χ0v) is 11.0. The lowest BCUT2D eigenvalue weighted by Gasteiger charge is -2.30. The Morgan fingerprint density at radius 3 is 3.05 bits per heavy atom. The van der Waals surface area contributed by atoms with Gasteiger partial charge in [-0.1, -0.05) is 12.1 Å². The number of primary amides is 1. The number of nitrogens with two attached hydrogens (primary N) is 1. The van der Waals surface area contributed by atoms with Crippen molar-refractivity contribution in [1.82, 2.24) is 14.7 Å². The summed E-state index contributed by atoms with van der Waals surface area (Å²) in [5.74, 6) is -0.392. The fourth-order valence-electron chi connectivity index (χ4n) is 2.92. The van der Waals surface area contributed by atoms with Gasteiger partial charge in [-0.05, 0) is 32.5 Å². The first-order chi connectivity index (χ1) is 9.16. The lowest BCUT2D eigenvalue weighted by molar-refractivity contribution is 0.100. The molecule has 3 rings (SSSR count). The summed E-state index contributed by atoms with van der Waals surface area (Å²) in [5.41, 5.74) is 6.90. The van der Waals surface area contributed by atoms with Gasteiger partial charge in [-0.15, -0.1) is 0 Å². The Kier molecular flexibility index (Phi) is 2.98. The Labute approximate surface area is 112 Å². The molecule has 0 spiro atoms. The fourth-order valence-corrected chi connectivity index (χ4v) is 2.92. The van der Waals surface area contributed by atoms with Crippen LogP contribution in [0.2, 0.25) is 0 Å². The van der Waals surface area contributed by atoms with E-state index in [0.717, 1.165) is 36.8 Å². The summed E-state index contributed by atoms with van der Waals surface area (Å²) < 4.78 is 1.98. The summed E-state index contributed by atoms with van der Waals surface area (Å²) in [6.07, 6.45) is 4.06. The van der Waals surface area contributed by atoms with Crippen molar-refractivity contribution in [2.45, 2.75) is 18.9 Å². The first kappa shape index (κ1) is 12.2. The molecule has 1 aromatic carbocycles. The molecule has 1 aromatic heterocycles. The number of carbonyl (C=O) groups excluding carboxylic acids is 1. The van der Waals surface area contributed by atoms with Gasteiger partial charge in [0, 0.05) is 11.9 Å². The van der Waals surface area contributed by atoms with E-state index in [4.69, 9.17) is 5.73 Å². The summed E-state index contributed by atoms with van der Waals surface area (Å²) in [6, 6.07) is 5.91. The number of likely N-dealkylation sites (N-methyl/N-ethyl adjacent to an activating group) is 1. The fraction of sp³-hybridized carbons (Fsp3) is 0.429. The molecule has 0 saturated carbocycles. The van der Waals surface area contributed by atoms with Crippen LogP contribution < -0.4 is 5.73 Å². The molecule has 100 valence electrons. The number of likely N-dealkylation sites (tertiary alicyclic amines) is 1. The highest BCUT2D eigenvalue weighted by Gasteiger charge is 2.22. The number of rotatable bonds is 2. The maximum atomic E-state index is 11.6. The predicted octanol–water partition coefficient (Wildman–Crippen LogP) is 1.40. The largest absolute Gasteiger partial charge is 0.366 e. The van der Waals surface area contributed by atoms with E-state index < -0.39 is 5.91 Å². The quantitative estimate of drug-likeness (QED) is 0.885. The number of amides is 1. The molecule has 1 atom stereocenters. The van der Waals surface area contributed by atoms with Crippen molar-refractivity contribution in [3.63, 3.8) is 0 Å². The maximum absolute atomic E-state index is 11.6. The smallest absolute Gasteiger partial charge is 0.250 e. The summed E-state index contributed by atoms with van der Waals surface area (Å²) in [4.78, 5) is 13.9. The molecule has 5 nitrogen and oxygen atoms in total. The Morgan fingerprint density at radius 1 is 1.47 bits per heavy atom. The van der Waals surface area contributed by atoms with Crippen LogP contribution in [0.3, 0.4) is 0 Å². The van der Waals surface area contributed by atoms with Gasteiger partial charge in [0.15, 0.2) is 0 Å². The van der Waals surface area contributed by atoms with Crippen LogP contribution in [-0.4, -0.2) is 40.7 Å². The van der Waals surface area contributed by atoms with E-state index in [1.54, 1.807) is 6.07 Å². The van der Waals surface area contributed by atoms with Crippen LogP contribution in [0.25, 0.3) is 10.9 Å². The number of hydrogen-bond acceptors (Lipinski definition) is 3. The molecule has 0 radical (unpaired) electrons. The summed E-state index contributed by atoms with van der Waals surface area (Å²) in [5, 5.41) is 5.46. The zero-order valence-electron chi connectivity index (χ0n) is 11.0. The predicted molar refractivity (Wildman–Crippen MR) is 74.0 cm³/mol. The van der Waals surface area contributed by atoms with E-state index in [1.165, 1.54) is 0 Å². The second-order valence-corrected chi connectivity index (χ2v) is 5.26. The molecule has 1 fully saturated rings. The number of aromatic nitrogens is 2. The normalized spacial score (nSPS) is 20.8. The van der Waals surface area contributed by atoms with Crippen LogP contribution in [0.4, 0.5) is 0 Å². The number of carbonyl (C=O) groups is 1. The van der Waals surface area contributed by atoms with Crippen LogP contribution in [0.1, 0.15) is 29.2 Å². The number of para-hydroxylation sites is 1. The molecule has 2 heterocycles. The Hall–Kier alpha value is -1.88. The SMILES string of the molecule is CN1CCCC(n2ncc3cccc(C(N)=O)c32)C1. The number of piperidine rings is 1. The Bertz CT molecular complexity index is 619. The topological polar surface area (TPSA) is 64.2 Å². The van der Waals surface area contributed by atoms with Gasteiger partial charge >= 0.3 is 0 Å². The monoisotopic (exact) mass is 258 g/mol. The number of nitrogens with zero attached hydrogens (tertiary/aromatic N) is 3. The van der Waals surface area contributed by atoms with Crippen molar-refractivity contribution in [3.05, 3.63) is 30.0 Å².